The van der Waals surface area contributed by atoms with Gasteiger partial charge in [0.1, 0.15) is 11.3 Å². The Morgan fingerprint density at radius 1 is 1.33 bits per heavy atom. The lowest BCUT2D eigenvalue weighted by molar-refractivity contribution is -0.384. The Kier molecular flexibility index (Phi) is 4.24. The van der Waals surface area contributed by atoms with Crippen LogP contribution in [0.15, 0.2) is 48.8 Å². The molecule has 0 bridgehead atoms. The molecule has 0 saturated carbocycles. The molecule has 122 valence electrons. The number of pyridine rings is 1. The smallest absolute Gasteiger partial charge is 0.293 e. The molecule has 2 aromatic heterocycles. The zero-order chi connectivity index (χ0) is 17.1. The minimum atomic E-state index is -0.486. The van der Waals surface area contributed by atoms with Crippen molar-refractivity contribution in [2.45, 2.75) is 13.3 Å². The van der Waals surface area contributed by atoms with Crippen LogP contribution < -0.4 is 5.32 Å². The van der Waals surface area contributed by atoms with Crippen LogP contribution in [0.5, 0.6) is 0 Å². The van der Waals surface area contributed by atoms with Crippen molar-refractivity contribution in [2.75, 3.05) is 11.9 Å². The summed E-state index contributed by atoms with van der Waals surface area (Å²) in [5.74, 6) is -0.200. The monoisotopic (exact) mass is 324 g/mol. The number of nitro benzene ring substituents is 1. The molecule has 0 saturated heterocycles. The predicted octanol–water partition coefficient (Wildman–Crippen LogP) is 3.10. The molecule has 7 heteroatoms. The second kappa shape index (κ2) is 6.49. The van der Waals surface area contributed by atoms with Gasteiger partial charge in [0.25, 0.3) is 5.69 Å². The lowest BCUT2D eigenvalue weighted by atomic mass is 10.1. The van der Waals surface area contributed by atoms with E-state index in [1.54, 1.807) is 12.1 Å². The summed E-state index contributed by atoms with van der Waals surface area (Å²) in [5, 5.41) is 14.2. The first-order valence-corrected chi connectivity index (χ1v) is 7.50. The number of hydrogen-bond acceptors (Lipinski definition) is 5. The third-order valence-electron chi connectivity index (χ3n) is 3.71. The third kappa shape index (κ3) is 3.24. The van der Waals surface area contributed by atoms with Crippen molar-refractivity contribution in [3.63, 3.8) is 0 Å². The number of rotatable bonds is 6. The fourth-order valence-electron chi connectivity index (χ4n) is 2.48. The van der Waals surface area contributed by atoms with Crippen molar-refractivity contribution in [1.82, 2.24) is 9.38 Å². The molecule has 24 heavy (non-hydrogen) atoms. The van der Waals surface area contributed by atoms with Crippen molar-refractivity contribution in [3.8, 4) is 0 Å². The Hall–Kier alpha value is -3.22. The second-order valence-electron chi connectivity index (χ2n) is 5.42. The number of ketones is 1. The van der Waals surface area contributed by atoms with Crippen LogP contribution in [-0.2, 0) is 6.42 Å². The summed E-state index contributed by atoms with van der Waals surface area (Å²) >= 11 is 0. The molecule has 0 atom stereocenters. The van der Waals surface area contributed by atoms with Gasteiger partial charge in [0, 0.05) is 37.0 Å². The van der Waals surface area contributed by atoms with Crippen molar-refractivity contribution < 1.29 is 9.72 Å². The van der Waals surface area contributed by atoms with E-state index < -0.39 is 4.92 Å². The number of nitrogens with one attached hydrogen (secondary N) is 1. The zero-order valence-corrected chi connectivity index (χ0v) is 13.1. The van der Waals surface area contributed by atoms with Gasteiger partial charge in [0.2, 0.25) is 0 Å². The number of aromatic nitrogens is 2. The molecular weight excluding hydrogens is 308 g/mol. The van der Waals surface area contributed by atoms with Crippen LogP contribution in [-0.4, -0.2) is 26.6 Å². The first-order chi connectivity index (χ1) is 11.5. The highest BCUT2D eigenvalue weighted by atomic mass is 16.6. The topological polar surface area (TPSA) is 89.5 Å². The van der Waals surface area contributed by atoms with Gasteiger partial charge in [-0.15, -0.1) is 0 Å². The number of hydrogen-bond donors (Lipinski definition) is 1. The lowest BCUT2D eigenvalue weighted by Gasteiger charge is -2.07. The van der Waals surface area contributed by atoms with Crippen LogP contribution >= 0.6 is 0 Å². The van der Waals surface area contributed by atoms with Crippen LogP contribution in [0.3, 0.4) is 0 Å². The minimum absolute atomic E-state index is 0.0994. The van der Waals surface area contributed by atoms with E-state index in [-0.39, 0.29) is 11.5 Å². The Balaban J connectivity index is 1.72. The number of Topliss-reactive ketones (excluding diaryl/α,β-unsaturated/α-hetero) is 1. The molecule has 3 aromatic rings. The van der Waals surface area contributed by atoms with Crippen LogP contribution in [0, 0.1) is 10.1 Å². The number of carbonyl (C=O) groups excluding carboxylic acids is 1. The normalized spacial score (nSPS) is 10.7. The second-order valence-corrected chi connectivity index (χ2v) is 5.42. The molecule has 1 N–H and O–H groups in total. The molecule has 1 aromatic carbocycles. The summed E-state index contributed by atoms with van der Waals surface area (Å²) in [6.45, 7) is 1.89. The quantitative estimate of drug-likeness (QED) is 0.427. The first kappa shape index (κ1) is 15.7. The average molecular weight is 324 g/mol. The van der Waals surface area contributed by atoms with Crippen molar-refractivity contribution in [3.05, 3.63) is 70.2 Å². The highest BCUT2D eigenvalue weighted by molar-refractivity contribution is 5.95. The van der Waals surface area contributed by atoms with Crippen LogP contribution in [0.2, 0.25) is 0 Å². The fraction of sp³-hybridized carbons (Fsp3) is 0.176. The summed E-state index contributed by atoms with van der Waals surface area (Å²) in [6, 6.07) is 10.2. The van der Waals surface area contributed by atoms with Gasteiger partial charge in [0.05, 0.1) is 10.6 Å². The van der Waals surface area contributed by atoms with Crippen molar-refractivity contribution in [2.24, 2.45) is 0 Å². The first-order valence-electron chi connectivity index (χ1n) is 7.50. The van der Waals surface area contributed by atoms with Crippen LogP contribution in [0.25, 0.3) is 5.65 Å². The number of fused-ring (bicyclic) bond motifs is 1. The van der Waals surface area contributed by atoms with E-state index in [0.717, 1.165) is 11.3 Å². The molecule has 0 unspecified atom stereocenters. The minimum Gasteiger partial charge on any atom is -0.379 e. The molecule has 0 fully saturated rings. The molecule has 0 aliphatic rings. The molecule has 3 rings (SSSR count). The van der Waals surface area contributed by atoms with Crippen molar-refractivity contribution >= 4 is 22.8 Å². The maximum atomic E-state index is 11.4. The van der Waals surface area contributed by atoms with Gasteiger partial charge in [-0.05, 0) is 31.2 Å². The van der Waals surface area contributed by atoms with E-state index in [0.29, 0.717) is 24.2 Å². The van der Waals surface area contributed by atoms with E-state index in [9.17, 15) is 14.9 Å². The molecule has 0 radical (unpaired) electrons. The summed E-state index contributed by atoms with van der Waals surface area (Å²) in [4.78, 5) is 26.5. The highest BCUT2D eigenvalue weighted by Gasteiger charge is 2.16. The molecule has 0 aliphatic heterocycles. The molecule has 2 heterocycles. The number of imidazole rings is 1. The number of anilines is 1. The standard InChI is InChI=1S/C17H16N4O3/c1-12(22)13-5-6-15(16(10-13)21(23)24)18-8-7-14-11-20-9-3-2-4-17(20)19-14/h2-6,9-11,18H,7-8H2,1H3. The number of nitro groups is 1. The van der Waals surface area contributed by atoms with Gasteiger partial charge in [-0.25, -0.2) is 4.98 Å². The van der Waals surface area contributed by atoms with Gasteiger partial charge < -0.3 is 9.72 Å². The highest BCUT2D eigenvalue weighted by Crippen LogP contribution is 2.25. The number of benzene rings is 1. The van der Waals surface area contributed by atoms with Gasteiger partial charge in [-0.3, -0.25) is 14.9 Å². The Bertz CT molecular complexity index is 884. The SMILES string of the molecule is CC(=O)c1ccc(NCCc2cn3ccccc3n2)c([N+](=O)[O-])c1. The van der Waals surface area contributed by atoms with Gasteiger partial charge in [0.15, 0.2) is 5.78 Å². The van der Waals surface area contributed by atoms with Crippen LogP contribution in [0.4, 0.5) is 11.4 Å². The van der Waals surface area contributed by atoms with Gasteiger partial charge >= 0.3 is 0 Å². The molecule has 0 spiro atoms. The predicted molar refractivity (Wildman–Crippen MR) is 90.5 cm³/mol. The molecular formula is C17H16N4O3. The van der Waals surface area contributed by atoms with Crippen molar-refractivity contribution in [1.29, 1.82) is 0 Å². The van der Waals surface area contributed by atoms with Gasteiger partial charge in [-0.2, -0.15) is 0 Å². The Morgan fingerprint density at radius 2 is 2.17 bits per heavy atom. The third-order valence-corrected chi connectivity index (χ3v) is 3.71. The number of carbonyl (C=O) groups is 1. The maximum Gasteiger partial charge on any atom is 0.293 e. The summed E-state index contributed by atoms with van der Waals surface area (Å²) in [5.41, 5.74) is 2.39. The average Bonchev–Trinajstić information content (AvgIpc) is 2.97. The molecule has 0 amide bonds. The maximum absolute atomic E-state index is 11.4. The van der Waals surface area contributed by atoms with E-state index in [4.69, 9.17) is 0 Å². The van der Waals surface area contributed by atoms with Crippen LogP contribution in [0.1, 0.15) is 23.0 Å². The molecule has 7 nitrogen and oxygen atoms in total. The summed E-state index contributed by atoms with van der Waals surface area (Å²) in [6.07, 6.45) is 4.49. The number of nitrogens with zero attached hydrogens (tertiary/aromatic N) is 3. The van der Waals surface area contributed by atoms with E-state index >= 15 is 0 Å². The largest absolute Gasteiger partial charge is 0.379 e. The summed E-state index contributed by atoms with van der Waals surface area (Å²) < 4.78 is 1.93. The summed E-state index contributed by atoms with van der Waals surface area (Å²) in [7, 11) is 0. The lowest BCUT2D eigenvalue weighted by Crippen LogP contribution is -2.08. The van der Waals surface area contributed by atoms with Gasteiger partial charge in [-0.1, -0.05) is 6.07 Å². The zero-order valence-electron chi connectivity index (χ0n) is 13.1. The van der Waals surface area contributed by atoms with E-state index in [1.807, 2.05) is 35.0 Å². The van der Waals surface area contributed by atoms with E-state index in [1.165, 1.54) is 13.0 Å². The fourth-order valence-corrected chi connectivity index (χ4v) is 2.48. The Morgan fingerprint density at radius 3 is 2.88 bits per heavy atom. The van der Waals surface area contributed by atoms with E-state index in [2.05, 4.69) is 10.3 Å². The Labute approximate surface area is 138 Å². The molecule has 0 aliphatic carbocycles.